The molecule has 0 spiro atoms. The van der Waals surface area contributed by atoms with Crippen molar-refractivity contribution in [2.45, 2.75) is 6.54 Å². The van der Waals surface area contributed by atoms with Crippen LogP contribution < -0.4 is 16.2 Å². The van der Waals surface area contributed by atoms with Gasteiger partial charge in [-0.05, 0) is 36.4 Å². The van der Waals surface area contributed by atoms with Crippen LogP contribution in [0.3, 0.4) is 0 Å². The minimum Gasteiger partial charge on any atom is -0.457 e. The number of carbonyl (C=O) groups excluding carboxylic acids is 1. The summed E-state index contributed by atoms with van der Waals surface area (Å²) in [6.45, 7) is 0.391. The van der Waals surface area contributed by atoms with Crippen LogP contribution in [-0.2, 0) is 6.54 Å². The van der Waals surface area contributed by atoms with Gasteiger partial charge in [-0.15, -0.1) is 0 Å². The molecule has 0 aromatic heterocycles. The molecule has 0 atom stereocenters. The Morgan fingerprint density at radius 3 is 2.42 bits per heavy atom. The van der Waals surface area contributed by atoms with Gasteiger partial charge in [-0.2, -0.15) is 0 Å². The maximum absolute atomic E-state index is 11.0. The van der Waals surface area contributed by atoms with Gasteiger partial charge < -0.3 is 16.2 Å². The number of halogens is 1. The number of amides is 1. The van der Waals surface area contributed by atoms with Crippen molar-refractivity contribution in [1.82, 2.24) is 0 Å². The minimum absolute atomic E-state index is 0.391. The van der Waals surface area contributed by atoms with Gasteiger partial charge >= 0.3 is 0 Å². The molecule has 0 aliphatic rings. The number of ether oxygens (including phenoxy) is 1. The van der Waals surface area contributed by atoms with E-state index in [0.717, 1.165) is 10.0 Å². The Morgan fingerprint density at radius 1 is 1.16 bits per heavy atom. The van der Waals surface area contributed by atoms with Crippen molar-refractivity contribution in [3.63, 3.8) is 0 Å². The SMILES string of the molecule is NCc1ccc(Br)cc1Oc1ccc(C(N)=O)cc1. The normalized spacial score (nSPS) is 10.2. The predicted octanol–water partition coefficient (Wildman–Crippen LogP) is 2.80. The molecule has 2 aromatic carbocycles. The second kappa shape index (κ2) is 5.86. The van der Waals surface area contributed by atoms with E-state index in [0.29, 0.717) is 23.6 Å². The zero-order valence-corrected chi connectivity index (χ0v) is 11.7. The van der Waals surface area contributed by atoms with Crippen LogP contribution >= 0.6 is 15.9 Å². The predicted molar refractivity (Wildman–Crippen MR) is 77.1 cm³/mol. The zero-order chi connectivity index (χ0) is 13.8. The fraction of sp³-hybridized carbons (Fsp3) is 0.0714. The molecule has 1 amide bonds. The molecule has 0 saturated heterocycles. The molecule has 0 bridgehead atoms. The molecule has 0 saturated carbocycles. The molecule has 0 radical (unpaired) electrons. The van der Waals surface area contributed by atoms with Crippen molar-refractivity contribution < 1.29 is 9.53 Å². The third kappa shape index (κ3) is 3.33. The highest BCUT2D eigenvalue weighted by atomic mass is 79.9. The lowest BCUT2D eigenvalue weighted by Gasteiger charge is -2.10. The summed E-state index contributed by atoms with van der Waals surface area (Å²) in [4.78, 5) is 11.0. The average molecular weight is 321 g/mol. The molecule has 0 unspecified atom stereocenters. The number of primary amides is 1. The maximum atomic E-state index is 11.0. The Kier molecular flexibility index (Phi) is 4.19. The largest absolute Gasteiger partial charge is 0.457 e. The van der Waals surface area contributed by atoms with Gasteiger partial charge in [0.1, 0.15) is 11.5 Å². The van der Waals surface area contributed by atoms with Crippen molar-refractivity contribution in [3.8, 4) is 11.5 Å². The third-order valence-corrected chi connectivity index (χ3v) is 3.11. The number of hydrogen-bond donors (Lipinski definition) is 2. The van der Waals surface area contributed by atoms with E-state index in [-0.39, 0.29) is 0 Å². The molecule has 4 nitrogen and oxygen atoms in total. The van der Waals surface area contributed by atoms with Crippen LogP contribution in [0, 0.1) is 0 Å². The lowest BCUT2D eigenvalue weighted by Crippen LogP contribution is -2.10. The fourth-order valence-electron chi connectivity index (χ4n) is 1.61. The summed E-state index contributed by atoms with van der Waals surface area (Å²) in [5.74, 6) is 0.846. The van der Waals surface area contributed by atoms with E-state index in [1.54, 1.807) is 24.3 Å². The van der Waals surface area contributed by atoms with Crippen molar-refractivity contribution >= 4 is 21.8 Å². The first-order valence-corrected chi connectivity index (χ1v) is 6.45. The summed E-state index contributed by atoms with van der Waals surface area (Å²) < 4.78 is 6.66. The summed E-state index contributed by atoms with van der Waals surface area (Å²) in [6.07, 6.45) is 0. The van der Waals surface area contributed by atoms with Crippen molar-refractivity contribution in [3.05, 3.63) is 58.1 Å². The fourth-order valence-corrected chi connectivity index (χ4v) is 1.95. The van der Waals surface area contributed by atoms with Gasteiger partial charge in [0.25, 0.3) is 0 Å². The highest BCUT2D eigenvalue weighted by molar-refractivity contribution is 9.10. The summed E-state index contributed by atoms with van der Waals surface area (Å²) in [5.41, 5.74) is 12.2. The average Bonchev–Trinajstić information content (AvgIpc) is 2.39. The van der Waals surface area contributed by atoms with E-state index in [2.05, 4.69) is 15.9 Å². The van der Waals surface area contributed by atoms with E-state index in [1.165, 1.54) is 0 Å². The first-order valence-electron chi connectivity index (χ1n) is 5.66. The van der Waals surface area contributed by atoms with Gasteiger partial charge in [0.15, 0.2) is 0 Å². The van der Waals surface area contributed by atoms with Gasteiger partial charge in [-0.3, -0.25) is 4.79 Å². The lowest BCUT2D eigenvalue weighted by molar-refractivity contribution is 0.100. The van der Waals surface area contributed by atoms with Crippen LogP contribution in [0.15, 0.2) is 46.9 Å². The van der Waals surface area contributed by atoms with E-state index >= 15 is 0 Å². The van der Waals surface area contributed by atoms with E-state index in [4.69, 9.17) is 16.2 Å². The second-order valence-electron chi connectivity index (χ2n) is 3.95. The van der Waals surface area contributed by atoms with Crippen LogP contribution in [0.2, 0.25) is 0 Å². The second-order valence-corrected chi connectivity index (χ2v) is 4.86. The minimum atomic E-state index is -0.461. The van der Waals surface area contributed by atoms with Crippen molar-refractivity contribution in [2.75, 3.05) is 0 Å². The van der Waals surface area contributed by atoms with Crippen molar-refractivity contribution in [1.29, 1.82) is 0 Å². The van der Waals surface area contributed by atoms with Crippen LogP contribution in [0.5, 0.6) is 11.5 Å². The number of hydrogen-bond acceptors (Lipinski definition) is 3. The Bertz CT molecular complexity index is 597. The zero-order valence-electron chi connectivity index (χ0n) is 10.1. The topological polar surface area (TPSA) is 78.3 Å². The molecule has 0 aliphatic carbocycles. The number of rotatable bonds is 4. The van der Waals surface area contributed by atoms with Crippen LogP contribution in [0.25, 0.3) is 0 Å². The molecular weight excluding hydrogens is 308 g/mol. The van der Waals surface area contributed by atoms with Gasteiger partial charge in [-0.25, -0.2) is 0 Å². The number of nitrogens with two attached hydrogens (primary N) is 2. The highest BCUT2D eigenvalue weighted by Crippen LogP contribution is 2.28. The summed E-state index contributed by atoms with van der Waals surface area (Å²) >= 11 is 3.39. The van der Waals surface area contributed by atoms with Gasteiger partial charge in [-0.1, -0.05) is 22.0 Å². The summed E-state index contributed by atoms with van der Waals surface area (Å²) in [6, 6.07) is 12.3. The first-order chi connectivity index (χ1) is 9.10. The summed E-state index contributed by atoms with van der Waals surface area (Å²) in [5, 5.41) is 0. The number of benzene rings is 2. The lowest BCUT2D eigenvalue weighted by atomic mass is 10.2. The smallest absolute Gasteiger partial charge is 0.248 e. The maximum Gasteiger partial charge on any atom is 0.248 e. The monoisotopic (exact) mass is 320 g/mol. The molecular formula is C14H13BrN2O2. The Hall–Kier alpha value is -1.85. The molecule has 4 N–H and O–H groups in total. The van der Waals surface area contributed by atoms with E-state index < -0.39 is 5.91 Å². The highest BCUT2D eigenvalue weighted by Gasteiger charge is 2.06. The summed E-state index contributed by atoms with van der Waals surface area (Å²) in [7, 11) is 0. The molecule has 0 heterocycles. The first kappa shape index (κ1) is 13.6. The molecule has 5 heteroatoms. The van der Waals surface area contributed by atoms with Gasteiger partial charge in [0, 0.05) is 22.1 Å². The van der Waals surface area contributed by atoms with Crippen LogP contribution in [0.1, 0.15) is 15.9 Å². The molecule has 2 rings (SSSR count). The van der Waals surface area contributed by atoms with E-state index in [9.17, 15) is 4.79 Å². The van der Waals surface area contributed by atoms with E-state index in [1.807, 2.05) is 18.2 Å². The molecule has 0 aliphatic heterocycles. The van der Waals surface area contributed by atoms with Crippen LogP contribution in [0.4, 0.5) is 0 Å². The quantitative estimate of drug-likeness (QED) is 0.909. The molecule has 2 aromatic rings. The third-order valence-electron chi connectivity index (χ3n) is 2.62. The molecule has 98 valence electrons. The Balaban J connectivity index is 2.25. The molecule has 0 fully saturated rings. The van der Waals surface area contributed by atoms with Crippen LogP contribution in [-0.4, -0.2) is 5.91 Å². The Labute approximate surface area is 119 Å². The van der Waals surface area contributed by atoms with Gasteiger partial charge in [0.05, 0.1) is 0 Å². The standard InChI is InChI=1S/C14H13BrN2O2/c15-11-4-1-10(8-16)13(7-11)19-12-5-2-9(3-6-12)14(17)18/h1-7H,8,16H2,(H2,17,18). The number of carbonyl (C=O) groups is 1. The van der Waals surface area contributed by atoms with Gasteiger partial charge in [0.2, 0.25) is 5.91 Å². The van der Waals surface area contributed by atoms with Crippen molar-refractivity contribution in [2.24, 2.45) is 11.5 Å². The Morgan fingerprint density at radius 2 is 1.84 bits per heavy atom. The molecule has 19 heavy (non-hydrogen) atoms.